The smallest absolute Gasteiger partial charge is 0.254 e. The highest BCUT2D eigenvalue weighted by atomic mass is 35.5. The van der Waals surface area contributed by atoms with Crippen molar-refractivity contribution in [3.63, 3.8) is 0 Å². The van der Waals surface area contributed by atoms with Gasteiger partial charge in [0.25, 0.3) is 5.91 Å². The third kappa shape index (κ3) is 6.08. The van der Waals surface area contributed by atoms with Crippen LogP contribution in [-0.4, -0.2) is 39.6 Å². The van der Waals surface area contributed by atoms with Gasteiger partial charge < -0.3 is 10.2 Å². The minimum absolute atomic E-state index is 0.0423. The van der Waals surface area contributed by atoms with Gasteiger partial charge in [-0.15, -0.1) is 0 Å². The van der Waals surface area contributed by atoms with Gasteiger partial charge in [0, 0.05) is 28.6 Å². The number of amides is 2. The second-order valence-electron chi connectivity index (χ2n) is 9.53. The van der Waals surface area contributed by atoms with Crippen LogP contribution in [0.2, 0.25) is 5.02 Å². The van der Waals surface area contributed by atoms with Crippen LogP contribution in [0.25, 0.3) is 0 Å². The van der Waals surface area contributed by atoms with E-state index >= 15 is 0 Å². The second kappa shape index (κ2) is 9.21. The number of carbonyl (C=O) groups excluding carboxylic acids is 2. The molecule has 0 saturated carbocycles. The first kappa shape index (κ1) is 23.9. The van der Waals surface area contributed by atoms with Gasteiger partial charge in [-0.1, -0.05) is 45.4 Å². The molecule has 7 heteroatoms. The molecule has 164 valence electrons. The Kier molecular flexibility index (Phi) is 7.35. The summed E-state index contributed by atoms with van der Waals surface area (Å²) in [6, 6.07) is 8.69. The summed E-state index contributed by atoms with van der Waals surface area (Å²) >= 11 is 6.02. The van der Waals surface area contributed by atoms with E-state index in [0.29, 0.717) is 22.9 Å². The molecule has 1 aromatic heterocycles. The molecule has 2 rings (SSSR count). The van der Waals surface area contributed by atoms with Crippen LogP contribution < -0.4 is 5.32 Å². The van der Waals surface area contributed by atoms with Gasteiger partial charge in [0.15, 0.2) is 0 Å². The average molecular weight is 433 g/mol. The van der Waals surface area contributed by atoms with Gasteiger partial charge in [-0.05, 0) is 45.4 Å². The zero-order valence-corrected chi connectivity index (χ0v) is 19.8. The zero-order chi connectivity index (χ0) is 22.7. The van der Waals surface area contributed by atoms with Crippen LogP contribution in [0.5, 0.6) is 0 Å². The maximum absolute atomic E-state index is 12.9. The van der Waals surface area contributed by atoms with Gasteiger partial charge >= 0.3 is 0 Å². The largest absolute Gasteiger partial charge is 0.329 e. The maximum atomic E-state index is 12.9. The van der Waals surface area contributed by atoms with Crippen molar-refractivity contribution in [2.24, 2.45) is 0 Å². The molecule has 0 bridgehead atoms. The van der Waals surface area contributed by atoms with E-state index in [2.05, 4.69) is 26.1 Å². The predicted molar refractivity (Wildman–Crippen MR) is 122 cm³/mol. The van der Waals surface area contributed by atoms with Crippen molar-refractivity contribution in [3.8, 4) is 0 Å². The van der Waals surface area contributed by atoms with Crippen molar-refractivity contribution in [3.05, 3.63) is 46.6 Å². The quantitative estimate of drug-likeness (QED) is 0.692. The minimum Gasteiger partial charge on any atom is -0.329 e. The number of anilines is 1. The fourth-order valence-electron chi connectivity index (χ4n) is 3.03. The van der Waals surface area contributed by atoms with E-state index in [1.165, 1.54) is 0 Å². The Morgan fingerprint density at radius 1 is 1.13 bits per heavy atom. The summed E-state index contributed by atoms with van der Waals surface area (Å²) in [5.41, 5.74) is 0.921. The van der Waals surface area contributed by atoms with E-state index in [0.717, 1.165) is 12.1 Å². The summed E-state index contributed by atoms with van der Waals surface area (Å²) in [6.45, 7) is 14.8. The van der Waals surface area contributed by atoms with E-state index in [4.69, 9.17) is 16.7 Å². The number of carbonyl (C=O) groups is 2. The number of aromatic nitrogens is 2. The van der Waals surface area contributed by atoms with Crippen molar-refractivity contribution in [1.82, 2.24) is 14.7 Å². The molecule has 0 spiro atoms. The lowest BCUT2D eigenvalue weighted by molar-refractivity contribution is -0.117. The maximum Gasteiger partial charge on any atom is 0.254 e. The molecular formula is C23H33ClN4O2. The minimum atomic E-state index is -0.300. The molecule has 0 aliphatic carbocycles. The molecule has 0 aliphatic rings. The lowest BCUT2D eigenvalue weighted by Crippen LogP contribution is -2.39. The van der Waals surface area contributed by atoms with Crippen LogP contribution >= 0.6 is 11.6 Å². The first-order valence-electron chi connectivity index (χ1n) is 10.3. The lowest BCUT2D eigenvalue weighted by atomic mass is 9.92. The fraction of sp³-hybridized carbons (Fsp3) is 0.522. The molecule has 0 fully saturated rings. The van der Waals surface area contributed by atoms with Crippen LogP contribution in [-0.2, 0) is 15.7 Å². The third-order valence-electron chi connectivity index (χ3n) is 4.57. The molecule has 1 heterocycles. The first-order chi connectivity index (χ1) is 13.8. The molecule has 0 saturated heterocycles. The van der Waals surface area contributed by atoms with Crippen LogP contribution in [0, 0.1) is 0 Å². The molecule has 2 aromatic rings. The highest BCUT2D eigenvalue weighted by Crippen LogP contribution is 2.28. The highest BCUT2D eigenvalue weighted by molar-refractivity contribution is 6.31. The van der Waals surface area contributed by atoms with Crippen LogP contribution in [0.3, 0.4) is 0 Å². The SMILES string of the molecule is CCCN(CC(=O)Nc1cc(C(C)(C)C)nn1C(C)(C)C)C(=O)c1cccc(Cl)c1. The van der Waals surface area contributed by atoms with E-state index in [9.17, 15) is 9.59 Å². The topological polar surface area (TPSA) is 67.2 Å². The molecular weight excluding hydrogens is 400 g/mol. The third-order valence-corrected chi connectivity index (χ3v) is 4.80. The van der Waals surface area contributed by atoms with E-state index < -0.39 is 0 Å². The van der Waals surface area contributed by atoms with Crippen molar-refractivity contribution in [2.75, 3.05) is 18.4 Å². The Bertz CT molecular complexity index is 907. The molecule has 1 N–H and O–H groups in total. The van der Waals surface area contributed by atoms with Gasteiger partial charge in [-0.2, -0.15) is 5.10 Å². The van der Waals surface area contributed by atoms with Gasteiger partial charge in [-0.25, -0.2) is 4.68 Å². The predicted octanol–water partition coefficient (Wildman–Crippen LogP) is 5.08. The number of hydrogen-bond acceptors (Lipinski definition) is 3. The Morgan fingerprint density at radius 2 is 1.80 bits per heavy atom. The van der Waals surface area contributed by atoms with Gasteiger partial charge in [-0.3, -0.25) is 9.59 Å². The van der Waals surface area contributed by atoms with Crippen LogP contribution in [0.15, 0.2) is 30.3 Å². The van der Waals surface area contributed by atoms with Crippen molar-refractivity contribution in [1.29, 1.82) is 0 Å². The molecule has 0 unspecified atom stereocenters. The highest BCUT2D eigenvalue weighted by Gasteiger charge is 2.26. The fourth-order valence-corrected chi connectivity index (χ4v) is 3.22. The van der Waals surface area contributed by atoms with E-state index in [1.807, 2.05) is 38.4 Å². The molecule has 0 radical (unpaired) electrons. The number of hydrogen-bond donors (Lipinski definition) is 1. The van der Waals surface area contributed by atoms with Crippen molar-refractivity contribution in [2.45, 2.75) is 65.8 Å². The van der Waals surface area contributed by atoms with E-state index in [1.54, 1.807) is 29.2 Å². The average Bonchev–Trinajstić information content (AvgIpc) is 3.05. The molecule has 2 amide bonds. The Morgan fingerprint density at radius 3 is 2.33 bits per heavy atom. The number of nitrogens with zero attached hydrogens (tertiary/aromatic N) is 3. The lowest BCUT2D eigenvalue weighted by Gasteiger charge is -2.24. The van der Waals surface area contributed by atoms with Gasteiger partial charge in [0.2, 0.25) is 5.91 Å². The van der Waals surface area contributed by atoms with Gasteiger partial charge in [0.1, 0.15) is 12.4 Å². The zero-order valence-electron chi connectivity index (χ0n) is 19.0. The van der Waals surface area contributed by atoms with Crippen LogP contribution in [0.1, 0.15) is 70.9 Å². The summed E-state index contributed by atoms with van der Waals surface area (Å²) in [7, 11) is 0. The van der Waals surface area contributed by atoms with E-state index in [-0.39, 0.29) is 29.3 Å². The summed E-state index contributed by atoms with van der Waals surface area (Å²) in [6.07, 6.45) is 0.744. The number of nitrogens with one attached hydrogen (secondary N) is 1. The monoisotopic (exact) mass is 432 g/mol. The van der Waals surface area contributed by atoms with Gasteiger partial charge in [0.05, 0.1) is 11.2 Å². The summed E-state index contributed by atoms with van der Waals surface area (Å²) in [5, 5.41) is 8.17. The number of rotatable bonds is 6. The Balaban J connectivity index is 2.23. The summed E-state index contributed by atoms with van der Waals surface area (Å²) in [4.78, 5) is 27.3. The number of benzene rings is 1. The molecule has 0 atom stereocenters. The standard InChI is InChI=1S/C23H33ClN4O2/c1-8-12-27(21(30)16-10-9-11-17(24)13-16)15-20(29)25-19-14-18(22(2,3)4)26-28(19)23(5,6)7/h9-11,13-14H,8,12,15H2,1-7H3,(H,25,29). The molecule has 1 aromatic carbocycles. The van der Waals surface area contributed by atoms with Crippen LogP contribution in [0.4, 0.5) is 5.82 Å². The Hall–Kier alpha value is -2.34. The second-order valence-corrected chi connectivity index (χ2v) is 9.97. The van der Waals surface area contributed by atoms with Crippen molar-refractivity contribution < 1.29 is 9.59 Å². The van der Waals surface area contributed by atoms with Crippen molar-refractivity contribution >= 4 is 29.2 Å². The molecule has 30 heavy (non-hydrogen) atoms. The first-order valence-corrected chi connectivity index (χ1v) is 10.7. The normalized spacial score (nSPS) is 12.0. The molecule has 0 aliphatic heterocycles. The summed E-state index contributed by atoms with van der Waals surface area (Å²) in [5.74, 6) is 0.156. The number of halogens is 1. The summed E-state index contributed by atoms with van der Waals surface area (Å²) < 4.78 is 1.83. The molecule has 6 nitrogen and oxygen atoms in total. The Labute approximate surface area is 184 Å².